The molecule has 1 aromatic rings. The molecule has 1 unspecified atom stereocenters. The number of hydrogen-bond donors (Lipinski definition) is 1. The first-order valence-corrected chi connectivity index (χ1v) is 6.21. The molecule has 0 aromatic carbocycles. The summed E-state index contributed by atoms with van der Waals surface area (Å²) >= 11 is 0. The van der Waals surface area contributed by atoms with Crippen molar-refractivity contribution in [2.75, 3.05) is 13.6 Å². The van der Waals surface area contributed by atoms with E-state index in [9.17, 15) is 9.59 Å². The van der Waals surface area contributed by atoms with E-state index >= 15 is 0 Å². The van der Waals surface area contributed by atoms with Crippen LogP contribution in [0.2, 0.25) is 0 Å². The molecule has 1 rings (SSSR count). The lowest BCUT2D eigenvalue weighted by Crippen LogP contribution is -2.33. The monoisotopic (exact) mass is 268 g/mol. The molecule has 0 aliphatic carbocycles. The molecule has 106 valence electrons. The van der Waals surface area contributed by atoms with Crippen LogP contribution < -0.4 is 0 Å². The van der Waals surface area contributed by atoms with Gasteiger partial charge in [0.1, 0.15) is 5.76 Å². The minimum absolute atomic E-state index is 0.0758. The van der Waals surface area contributed by atoms with E-state index in [-0.39, 0.29) is 12.5 Å². The van der Waals surface area contributed by atoms with E-state index in [1.807, 2.05) is 13.8 Å². The van der Waals surface area contributed by atoms with E-state index in [2.05, 4.69) is 5.16 Å². The number of aryl methyl sites for hydroxylation is 2. The maximum atomic E-state index is 11.9. The first-order chi connectivity index (χ1) is 8.82. The van der Waals surface area contributed by atoms with Crippen LogP contribution >= 0.6 is 0 Å². The Kier molecular flexibility index (Phi) is 5.09. The summed E-state index contributed by atoms with van der Waals surface area (Å²) in [5.41, 5.74) is 1.75. The maximum absolute atomic E-state index is 11.9. The average Bonchev–Trinajstić information content (AvgIpc) is 2.65. The number of aliphatic carboxylic acids is 1. The van der Waals surface area contributed by atoms with Crippen molar-refractivity contribution in [3.63, 3.8) is 0 Å². The van der Waals surface area contributed by atoms with Crippen molar-refractivity contribution in [2.45, 2.75) is 33.6 Å². The number of rotatable bonds is 6. The standard InChI is InChI=1S/C13H20N2O4/c1-8(13(17)18)7-15(4)12(16)6-5-11-9(2)14-19-10(11)3/h8H,5-7H2,1-4H3,(H,17,18). The third-order valence-electron chi connectivity index (χ3n) is 3.17. The van der Waals surface area contributed by atoms with Gasteiger partial charge < -0.3 is 14.5 Å². The number of nitrogens with zero attached hydrogens (tertiary/aromatic N) is 2. The summed E-state index contributed by atoms with van der Waals surface area (Å²) < 4.78 is 5.03. The molecule has 0 aliphatic heterocycles. The van der Waals surface area contributed by atoms with Crippen LogP contribution in [0.25, 0.3) is 0 Å². The summed E-state index contributed by atoms with van der Waals surface area (Å²) in [6, 6.07) is 0. The molecule has 19 heavy (non-hydrogen) atoms. The topological polar surface area (TPSA) is 83.6 Å². The molecular formula is C13H20N2O4. The third kappa shape index (κ3) is 4.08. The van der Waals surface area contributed by atoms with Crippen molar-refractivity contribution in [3.05, 3.63) is 17.0 Å². The fraction of sp³-hybridized carbons (Fsp3) is 0.615. The molecule has 6 nitrogen and oxygen atoms in total. The van der Waals surface area contributed by atoms with E-state index in [4.69, 9.17) is 9.63 Å². The van der Waals surface area contributed by atoms with Crippen LogP contribution in [0.1, 0.15) is 30.4 Å². The highest BCUT2D eigenvalue weighted by Crippen LogP contribution is 2.15. The van der Waals surface area contributed by atoms with Crippen molar-refractivity contribution >= 4 is 11.9 Å². The molecule has 1 amide bonds. The Labute approximate surface area is 112 Å². The lowest BCUT2D eigenvalue weighted by atomic mass is 10.1. The summed E-state index contributed by atoms with van der Waals surface area (Å²) in [6.45, 7) is 5.46. The number of carbonyl (C=O) groups is 2. The summed E-state index contributed by atoms with van der Waals surface area (Å²) in [7, 11) is 1.62. The van der Waals surface area contributed by atoms with Crippen LogP contribution in [0.5, 0.6) is 0 Å². The molecule has 0 saturated carbocycles. The van der Waals surface area contributed by atoms with Crippen molar-refractivity contribution in [2.24, 2.45) is 5.92 Å². The molecule has 0 bridgehead atoms. The Hall–Kier alpha value is -1.85. The van der Waals surface area contributed by atoms with E-state index in [0.717, 1.165) is 17.0 Å². The van der Waals surface area contributed by atoms with Crippen LogP contribution in [0.3, 0.4) is 0 Å². The van der Waals surface area contributed by atoms with Crippen LogP contribution in [0.4, 0.5) is 0 Å². The van der Waals surface area contributed by atoms with Gasteiger partial charge in [0.25, 0.3) is 0 Å². The van der Waals surface area contributed by atoms with Gasteiger partial charge in [-0.1, -0.05) is 12.1 Å². The Balaban J connectivity index is 2.49. The minimum atomic E-state index is -0.898. The largest absolute Gasteiger partial charge is 0.481 e. The summed E-state index contributed by atoms with van der Waals surface area (Å²) in [5.74, 6) is -0.807. The van der Waals surface area contributed by atoms with Gasteiger partial charge in [-0.3, -0.25) is 9.59 Å². The van der Waals surface area contributed by atoms with Gasteiger partial charge in [-0.2, -0.15) is 0 Å². The summed E-state index contributed by atoms with van der Waals surface area (Å²) in [6.07, 6.45) is 0.886. The Morgan fingerprint density at radius 2 is 2.05 bits per heavy atom. The predicted octanol–water partition coefficient (Wildman–Crippen LogP) is 1.40. The highest BCUT2D eigenvalue weighted by Gasteiger charge is 2.18. The van der Waals surface area contributed by atoms with Gasteiger partial charge in [-0.25, -0.2) is 0 Å². The number of carboxylic acids is 1. The minimum Gasteiger partial charge on any atom is -0.481 e. The maximum Gasteiger partial charge on any atom is 0.308 e. The molecule has 0 fully saturated rings. The first-order valence-electron chi connectivity index (χ1n) is 6.21. The van der Waals surface area contributed by atoms with Crippen molar-refractivity contribution in [1.29, 1.82) is 0 Å². The van der Waals surface area contributed by atoms with Crippen LogP contribution in [0.15, 0.2) is 4.52 Å². The molecule has 0 aliphatic rings. The van der Waals surface area contributed by atoms with E-state index in [1.165, 1.54) is 4.90 Å². The van der Waals surface area contributed by atoms with Gasteiger partial charge in [-0.15, -0.1) is 0 Å². The lowest BCUT2D eigenvalue weighted by molar-refractivity contribution is -0.142. The molecule has 1 N–H and O–H groups in total. The van der Waals surface area contributed by atoms with Gasteiger partial charge in [0, 0.05) is 25.6 Å². The van der Waals surface area contributed by atoms with Crippen LogP contribution in [0, 0.1) is 19.8 Å². The second-order valence-electron chi connectivity index (χ2n) is 4.82. The van der Waals surface area contributed by atoms with Crippen LogP contribution in [-0.2, 0) is 16.0 Å². The molecule has 0 spiro atoms. The fourth-order valence-electron chi connectivity index (χ4n) is 1.87. The highest BCUT2D eigenvalue weighted by molar-refractivity contribution is 5.77. The zero-order chi connectivity index (χ0) is 14.6. The second kappa shape index (κ2) is 6.36. The third-order valence-corrected chi connectivity index (χ3v) is 3.17. The van der Waals surface area contributed by atoms with Gasteiger partial charge in [0.05, 0.1) is 11.6 Å². The Bertz CT molecular complexity index is 448. The molecule has 1 aromatic heterocycles. The number of carbonyl (C=O) groups excluding carboxylic acids is 1. The van der Waals surface area contributed by atoms with Gasteiger partial charge in [0.2, 0.25) is 5.91 Å². The molecule has 0 radical (unpaired) electrons. The molecule has 1 heterocycles. The van der Waals surface area contributed by atoms with Crippen molar-refractivity contribution in [3.8, 4) is 0 Å². The molecular weight excluding hydrogens is 248 g/mol. The lowest BCUT2D eigenvalue weighted by Gasteiger charge is -2.19. The number of aromatic nitrogens is 1. The van der Waals surface area contributed by atoms with E-state index < -0.39 is 11.9 Å². The number of amides is 1. The number of carboxylic acid groups (broad SMARTS) is 1. The predicted molar refractivity (Wildman–Crippen MR) is 68.7 cm³/mol. The zero-order valence-corrected chi connectivity index (χ0v) is 11.8. The smallest absolute Gasteiger partial charge is 0.308 e. The second-order valence-corrected chi connectivity index (χ2v) is 4.82. The van der Waals surface area contributed by atoms with Crippen LogP contribution in [-0.4, -0.2) is 40.6 Å². The molecule has 1 atom stereocenters. The summed E-state index contributed by atoms with van der Waals surface area (Å²) in [4.78, 5) is 24.1. The first kappa shape index (κ1) is 15.2. The number of hydrogen-bond acceptors (Lipinski definition) is 4. The van der Waals surface area contributed by atoms with Gasteiger partial charge in [0.15, 0.2) is 0 Å². The normalized spacial score (nSPS) is 12.2. The zero-order valence-electron chi connectivity index (χ0n) is 11.8. The van der Waals surface area contributed by atoms with Crippen molar-refractivity contribution in [1.82, 2.24) is 10.1 Å². The van der Waals surface area contributed by atoms with Gasteiger partial charge in [-0.05, 0) is 20.3 Å². The molecule has 0 saturated heterocycles. The van der Waals surface area contributed by atoms with Crippen molar-refractivity contribution < 1.29 is 19.2 Å². The van der Waals surface area contributed by atoms with E-state index in [1.54, 1.807) is 14.0 Å². The SMILES string of the molecule is Cc1noc(C)c1CCC(=O)N(C)CC(C)C(=O)O. The fourth-order valence-corrected chi connectivity index (χ4v) is 1.87. The van der Waals surface area contributed by atoms with E-state index in [0.29, 0.717) is 12.8 Å². The highest BCUT2D eigenvalue weighted by atomic mass is 16.5. The Morgan fingerprint density at radius 3 is 2.53 bits per heavy atom. The summed E-state index contributed by atoms with van der Waals surface area (Å²) in [5, 5.41) is 12.6. The average molecular weight is 268 g/mol. The molecule has 6 heteroatoms. The van der Waals surface area contributed by atoms with Gasteiger partial charge >= 0.3 is 5.97 Å². The Morgan fingerprint density at radius 1 is 1.42 bits per heavy atom. The quantitative estimate of drug-likeness (QED) is 0.843.